The molecule has 0 aliphatic heterocycles. The molecule has 1 amide bonds. The number of hydrogen-bond acceptors (Lipinski definition) is 3. The number of pyridine rings is 1. The third kappa shape index (κ3) is 5.24. The van der Waals surface area contributed by atoms with Crippen LogP contribution in [0.3, 0.4) is 0 Å². The zero-order valence-electron chi connectivity index (χ0n) is 20.3. The molecule has 0 saturated carbocycles. The highest BCUT2D eigenvalue weighted by Gasteiger charge is 2.18. The highest BCUT2D eigenvalue weighted by atomic mass is 19.1. The quantitative estimate of drug-likeness (QED) is 0.302. The molecule has 2 heterocycles. The van der Waals surface area contributed by atoms with E-state index in [1.807, 2.05) is 57.2 Å². The van der Waals surface area contributed by atoms with E-state index in [-0.39, 0.29) is 22.6 Å². The predicted molar refractivity (Wildman–Crippen MR) is 135 cm³/mol. The molecule has 0 atom stereocenters. The number of hydrogen-bond donors (Lipinski definition) is 2. The molecule has 0 spiro atoms. The second-order valence-corrected chi connectivity index (χ2v) is 9.52. The van der Waals surface area contributed by atoms with E-state index < -0.39 is 11.6 Å². The van der Waals surface area contributed by atoms with Gasteiger partial charge in [0.05, 0.1) is 7.11 Å². The van der Waals surface area contributed by atoms with Gasteiger partial charge in [-0.3, -0.25) is 4.79 Å². The maximum atomic E-state index is 14.3. The summed E-state index contributed by atoms with van der Waals surface area (Å²) in [5.41, 5.74) is 4.23. The molecule has 0 radical (unpaired) electrons. The van der Waals surface area contributed by atoms with Gasteiger partial charge in [0.1, 0.15) is 11.5 Å². The normalized spacial score (nSPS) is 12.1. The van der Waals surface area contributed by atoms with E-state index in [4.69, 9.17) is 4.74 Å². The highest BCUT2D eigenvalue weighted by Crippen LogP contribution is 2.38. The summed E-state index contributed by atoms with van der Waals surface area (Å²) in [6.07, 6.45) is 5.29. The summed E-state index contributed by atoms with van der Waals surface area (Å²) < 4.78 is 33.5. The van der Waals surface area contributed by atoms with E-state index in [2.05, 4.69) is 15.3 Å². The molecule has 0 fully saturated rings. The van der Waals surface area contributed by atoms with Crippen molar-refractivity contribution in [3.8, 4) is 28.0 Å². The molecule has 2 aromatic heterocycles. The molecule has 35 heavy (non-hydrogen) atoms. The van der Waals surface area contributed by atoms with Gasteiger partial charge in [0, 0.05) is 51.8 Å². The molecule has 2 aromatic carbocycles. The monoisotopic (exact) mass is 475 g/mol. The third-order valence-corrected chi connectivity index (χ3v) is 5.50. The Morgan fingerprint density at radius 2 is 1.86 bits per heavy atom. The Kier molecular flexibility index (Phi) is 6.43. The lowest BCUT2D eigenvalue weighted by Gasteiger charge is -2.14. The second-order valence-electron chi connectivity index (χ2n) is 9.52. The number of H-pyrrole nitrogens is 1. The first-order valence-electron chi connectivity index (χ1n) is 11.2. The molecule has 0 unspecified atom stereocenters. The molecule has 7 heteroatoms. The second kappa shape index (κ2) is 9.33. The van der Waals surface area contributed by atoms with Crippen molar-refractivity contribution < 1.29 is 18.3 Å². The molecule has 180 valence electrons. The molecular formula is C28H27F2N3O2. The molecule has 0 saturated heterocycles. The van der Waals surface area contributed by atoms with Gasteiger partial charge in [0.2, 0.25) is 0 Å². The lowest BCUT2D eigenvalue weighted by atomic mass is 9.93. The number of allylic oxidation sites excluding steroid dienone is 1. The van der Waals surface area contributed by atoms with Crippen LogP contribution in [0.25, 0.3) is 33.3 Å². The van der Waals surface area contributed by atoms with Gasteiger partial charge in [-0.2, -0.15) is 0 Å². The van der Waals surface area contributed by atoms with E-state index in [9.17, 15) is 13.6 Å². The number of anilines is 1. The first-order chi connectivity index (χ1) is 16.6. The summed E-state index contributed by atoms with van der Waals surface area (Å²) in [5, 5.41) is 3.62. The van der Waals surface area contributed by atoms with Crippen LogP contribution in [0.2, 0.25) is 0 Å². The Labute approximate surface area is 202 Å². The summed E-state index contributed by atoms with van der Waals surface area (Å²) in [4.78, 5) is 20.2. The number of halogens is 2. The molecule has 5 nitrogen and oxygen atoms in total. The zero-order chi connectivity index (χ0) is 25.3. The summed E-state index contributed by atoms with van der Waals surface area (Å²) in [6.45, 7) is 7.91. The van der Waals surface area contributed by atoms with E-state index in [0.717, 1.165) is 17.2 Å². The van der Waals surface area contributed by atoms with Crippen LogP contribution in [0.15, 0.2) is 66.5 Å². The Morgan fingerprint density at radius 3 is 2.57 bits per heavy atom. The summed E-state index contributed by atoms with van der Waals surface area (Å²) in [6, 6.07) is 11.4. The first-order valence-corrected chi connectivity index (χ1v) is 11.2. The summed E-state index contributed by atoms with van der Waals surface area (Å²) in [7, 11) is 1.34. The summed E-state index contributed by atoms with van der Waals surface area (Å²) >= 11 is 0. The van der Waals surface area contributed by atoms with Gasteiger partial charge in [0.15, 0.2) is 11.6 Å². The zero-order valence-corrected chi connectivity index (χ0v) is 20.3. The van der Waals surface area contributed by atoms with Gasteiger partial charge in [-0.05, 0) is 42.2 Å². The Bertz CT molecular complexity index is 1450. The number of fused-ring (bicyclic) bond motifs is 1. The van der Waals surface area contributed by atoms with E-state index in [1.54, 1.807) is 19.3 Å². The average Bonchev–Trinajstić information content (AvgIpc) is 3.21. The number of amides is 1. The minimum Gasteiger partial charge on any atom is -0.493 e. The van der Waals surface area contributed by atoms with Crippen LogP contribution < -0.4 is 10.1 Å². The van der Waals surface area contributed by atoms with Crippen molar-refractivity contribution in [1.29, 1.82) is 0 Å². The van der Waals surface area contributed by atoms with E-state index in [0.29, 0.717) is 27.9 Å². The lowest BCUT2D eigenvalue weighted by Crippen LogP contribution is -2.15. The van der Waals surface area contributed by atoms with Crippen LogP contribution in [0, 0.1) is 17.0 Å². The third-order valence-electron chi connectivity index (χ3n) is 5.50. The average molecular weight is 476 g/mol. The van der Waals surface area contributed by atoms with Gasteiger partial charge in [-0.1, -0.05) is 39.0 Å². The van der Waals surface area contributed by atoms with Crippen LogP contribution in [-0.2, 0) is 4.79 Å². The fourth-order valence-electron chi connectivity index (χ4n) is 4.07. The van der Waals surface area contributed by atoms with Crippen molar-refractivity contribution >= 4 is 22.6 Å². The minimum atomic E-state index is -0.778. The molecule has 2 N–H and O–H groups in total. The highest BCUT2D eigenvalue weighted by molar-refractivity contribution is 6.03. The van der Waals surface area contributed by atoms with Crippen LogP contribution in [0.1, 0.15) is 27.7 Å². The number of aromatic nitrogens is 2. The molecule has 0 bridgehead atoms. The van der Waals surface area contributed by atoms with Gasteiger partial charge in [0.25, 0.3) is 5.91 Å². The van der Waals surface area contributed by atoms with Gasteiger partial charge in [-0.25, -0.2) is 13.8 Å². The number of carbonyl (C=O) groups is 1. The molecule has 4 rings (SSSR count). The van der Waals surface area contributed by atoms with Crippen molar-refractivity contribution in [1.82, 2.24) is 9.97 Å². The molecule has 0 aliphatic rings. The SMILES string of the molecule is COc1c(F)cc(F)cc1-c1c[nH]c2ncc(-c3cccc(NC(=O)C(C)=CC(C)(C)C)c3)cc12. The van der Waals surface area contributed by atoms with Gasteiger partial charge >= 0.3 is 0 Å². The summed E-state index contributed by atoms with van der Waals surface area (Å²) in [5.74, 6) is -1.68. The van der Waals surface area contributed by atoms with E-state index in [1.165, 1.54) is 13.2 Å². The topological polar surface area (TPSA) is 67.0 Å². The smallest absolute Gasteiger partial charge is 0.250 e. The van der Waals surface area contributed by atoms with Crippen LogP contribution in [0.4, 0.5) is 14.5 Å². The number of carbonyl (C=O) groups excluding carboxylic acids is 1. The van der Waals surface area contributed by atoms with Crippen molar-refractivity contribution in [3.05, 3.63) is 78.1 Å². The van der Waals surface area contributed by atoms with Crippen LogP contribution >= 0.6 is 0 Å². The number of nitrogens with one attached hydrogen (secondary N) is 2. The number of methoxy groups -OCH3 is 1. The van der Waals surface area contributed by atoms with Gasteiger partial charge < -0.3 is 15.0 Å². The fraction of sp³-hybridized carbons (Fsp3) is 0.214. The van der Waals surface area contributed by atoms with E-state index >= 15 is 0 Å². The van der Waals surface area contributed by atoms with Crippen molar-refractivity contribution in [2.45, 2.75) is 27.7 Å². The standard InChI is InChI=1S/C28H27F2N3O2/c1-16(13-28(2,3)4)27(34)33-20-8-6-7-17(9-20)18-10-22-23(15-32-26(22)31-14-18)21-11-19(29)12-24(30)25(21)35-5/h6-15H,1-5H3,(H,31,32)(H,33,34). The fourth-order valence-corrected chi connectivity index (χ4v) is 4.07. The lowest BCUT2D eigenvalue weighted by molar-refractivity contribution is -0.112. The minimum absolute atomic E-state index is 0.0407. The first kappa shape index (κ1) is 24.1. The maximum absolute atomic E-state index is 14.3. The van der Waals surface area contributed by atoms with Crippen molar-refractivity contribution in [2.24, 2.45) is 5.41 Å². The molecule has 0 aliphatic carbocycles. The van der Waals surface area contributed by atoms with Crippen molar-refractivity contribution in [3.63, 3.8) is 0 Å². The predicted octanol–water partition coefficient (Wildman–Crippen LogP) is 7.11. The number of benzene rings is 2. The number of rotatable bonds is 5. The van der Waals surface area contributed by atoms with Gasteiger partial charge in [-0.15, -0.1) is 0 Å². The maximum Gasteiger partial charge on any atom is 0.250 e. The Hall–Kier alpha value is -4.00. The largest absolute Gasteiger partial charge is 0.493 e. The Balaban J connectivity index is 1.71. The molecule has 4 aromatic rings. The van der Waals surface area contributed by atoms with Crippen molar-refractivity contribution in [2.75, 3.05) is 12.4 Å². The number of ether oxygens (including phenoxy) is 1. The number of aromatic amines is 1. The van der Waals surface area contributed by atoms with Crippen LogP contribution in [-0.4, -0.2) is 23.0 Å². The molecular weight excluding hydrogens is 448 g/mol. The Morgan fingerprint density at radius 1 is 1.09 bits per heavy atom. The van der Waals surface area contributed by atoms with Crippen LogP contribution in [0.5, 0.6) is 5.75 Å². The number of nitrogens with zero attached hydrogens (tertiary/aromatic N) is 1.